The highest BCUT2D eigenvalue weighted by atomic mass is 16.5. The minimum Gasteiger partial charge on any atom is -0.486 e. The maximum atomic E-state index is 12.3. The second-order valence-electron chi connectivity index (χ2n) is 6.18. The van der Waals surface area contributed by atoms with Crippen LogP contribution in [0.2, 0.25) is 0 Å². The standard InChI is InChI=1S/C20H24N2O3/c1-15-14-18(25-16(2)17-6-4-3-5-7-17)8-9-19(15)21-20(23)22-10-12-24-13-11-22/h3-9,14,16H,10-13H2,1-2H3,(H,21,23)/t16-/m0/s1. The molecule has 1 N–H and O–H groups in total. The lowest BCUT2D eigenvalue weighted by Gasteiger charge is -2.27. The first kappa shape index (κ1) is 17.3. The van der Waals surface area contributed by atoms with E-state index in [0.717, 1.165) is 22.6 Å². The number of carbonyl (C=O) groups excluding carboxylic acids is 1. The summed E-state index contributed by atoms with van der Waals surface area (Å²) in [5, 5.41) is 2.97. The molecule has 25 heavy (non-hydrogen) atoms. The zero-order valence-corrected chi connectivity index (χ0v) is 14.7. The normalized spacial score (nSPS) is 15.5. The van der Waals surface area contributed by atoms with Crippen molar-refractivity contribution in [3.8, 4) is 5.75 Å². The third-order valence-corrected chi connectivity index (χ3v) is 4.32. The van der Waals surface area contributed by atoms with E-state index < -0.39 is 0 Å². The highest BCUT2D eigenvalue weighted by Gasteiger charge is 2.17. The Morgan fingerprint density at radius 2 is 1.88 bits per heavy atom. The van der Waals surface area contributed by atoms with Crippen LogP contribution in [0.25, 0.3) is 0 Å². The number of benzene rings is 2. The third-order valence-electron chi connectivity index (χ3n) is 4.32. The molecule has 0 unspecified atom stereocenters. The second-order valence-corrected chi connectivity index (χ2v) is 6.18. The molecular weight excluding hydrogens is 316 g/mol. The van der Waals surface area contributed by atoms with Gasteiger partial charge in [-0.1, -0.05) is 30.3 Å². The Labute approximate surface area is 148 Å². The van der Waals surface area contributed by atoms with Gasteiger partial charge in [0, 0.05) is 18.8 Å². The summed E-state index contributed by atoms with van der Waals surface area (Å²) in [6.45, 7) is 6.43. The van der Waals surface area contributed by atoms with E-state index in [1.54, 1.807) is 4.90 Å². The molecule has 0 aromatic heterocycles. The van der Waals surface area contributed by atoms with Gasteiger partial charge in [-0.2, -0.15) is 0 Å². The Kier molecular flexibility index (Phi) is 5.56. The van der Waals surface area contributed by atoms with E-state index in [2.05, 4.69) is 17.4 Å². The second kappa shape index (κ2) is 8.03. The van der Waals surface area contributed by atoms with Crippen molar-refractivity contribution in [1.82, 2.24) is 4.90 Å². The van der Waals surface area contributed by atoms with E-state index in [9.17, 15) is 4.79 Å². The van der Waals surface area contributed by atoms with Gasteiger partial charge in [-0.05, 0) is 43.2 Å². The molecule has 1 aliphatic rings. The molecule has 5 heteroatoms. The van der Waals surface area contributed by atoms with Crippen LogP contribution in [-0.4, -0.2) is 37.2 Å². The number of morpholine rings is 1. The van der Waals surface area contributed by atoms with Gasteiger partial charge in [-0.3, -0.25) is 0 Å². The van der Waals surface area contributed by atoms with Gasteiger partial charge in [-0.15, -0.1) is 0 Å². The average Bonchev–Trinajstić information content (AvgIpc) is 2.65. The molecule has 5 nitrogen and oxygen atoms in total. The van der Waals surface area contributed by atoms with Crippen LogP contribution in [0.4, 0.5) is 10.5 Å². The predicted molar refractivity (Wildman–Crippen MR) is 98.1 cm³/mol. The first-order valence-electron chi connectivity index (χ1n) is 8.59. The number of urea groups is 1. The van der Waals surface area contributed by atoms with Gasteiger partial charge in [0.05, 0.1) is 13.2 Å². The number of hydrogen-bond donors (Lipinski definition) is 1. The molecule has 0 spiro atoms. The smallest absolute Gasteiger partial charge is 0.322 e. The van der Waals surface area contributed by atoms with Crippen molar-refractivity contribution < 1.29 is 14.3 Å². The van der Waals surface area contributed by atoms with E-state index in [1.165, 1.54) is 0 Å². The van der Waals surface area contributed by atoms with Crippen LogP contribution in [0, 0.1) is 6.92 Å². The van der Waals surface area contributed by atoms with Crippen molar-refractivity contribution >= 4 is 11.7 Å². The Bertz CT molecular complexity index is 712. The Morgan fingerprint density at radius 3 is 2.56 bits per heavy atom. The van der Waals surface area contributed by atoms with Gasteiger partial charge < -0.3 is 19.7 Å². The van der Waals surface area contributed by atoms with E-state index in [0.29, 0.717) is 26.3 Å². The minimum absolute atomic E-state index is 0.0330. The van der Waals surface area contributed by atoms with E-state index in [4.69, 9.17) is 9.47 Å². The number of amides is 2. The maximum absolute atomic E-state index is 12.3. The molecule has 0 bridgehead atoms. The van der Waals surface area contributed by atoms with Gasteiger partial charge in [-0.25, -0.2) is 4.79 Å². The zero-order chi connectivity index (χ0) is 17.6. The van der Waals surface area contributed by atoms with E-state index in [1.807, 2.05) is 50.2 Å². The average molecular weight is 340 g/mol. The highest BCUT2D eigenvalue weighted by Crippen LogP contribution is 2.26. The quantitative estimate of drug-likeness (QED) is 0.915. The molecule has 1 aliphatic heterocycles. The van der Waals surface area contributed by atoms with Crippen molar-refractivity contribution in [3.05, 3.63) is 59.7 Å². The summed E-state index contributed by atoms with van der Waals surface area (Å²) in [4.78, 5) is 14.1. The highest BCUT2D eigenvalue weighted by molar-refractivity contribution is 5.90. The molecule has 0 saturated carbocycles. The fraction of sp³-hybridized carbons (Fsp3) is 0.350. The molecular formula is C20H24N2O3. The summed E-state index contributed by atoms with van der Waals surface area (Å²) in [6, 6.07) is 15.7. The summed E-state index contributed by atoms with van der Waals surface area (Å²) < 4.78 is 11.3. The summed E-state index contributed by atoms with van der Waals surface area (Å²) in [7, 11) is 0. The first-order chi connectivity index (χ1) is 12.1. The molecule has 2 amide bonds. The van der Waals surface area contributed by atoms with Gasteiger partial charge in [0.1, 0.15) is 11.9 Å². The van der Waals surface area contributed by atoms with Crippen molar-refractivity contribution in [3.63, 3.8) is 0 Å². The SMILES string of the molecule is Cc1cc(O[C@@H](C)c2ccccc2)ccc1NC(=O)N1CCOCC1. The number of aryl methyl sites for hydroxylation is 1. The third kappa shape index (κ3) is 4.51. The van der Waals surface area contributed by atoms with Crippen LogP contribution in [0.5, 0.6) is 5.75 Å². The molecule has 0 aliphatic carbocycles. The monoisotopic (exact) mass is 340 g/mol. The van der Waals surface area contributed by atoms with Gasteiger partial charge >= 0.3 is 6.03 Å². The topological polar surface area (TPSA) is 50.8 Å². The van der Waals surface area contributed by atoms with Crippen molar-refractivity contribution in [2.75, 3.05) is 31.6 Å². The summed E-state index contributed by atoms with van der Waals surface area (Å²) >= 11 is 0. The Balaban J connectivity index is 1.63. The Hall–Kier alpha value is -2.53. The molecule has 2 aromatic carbocycles. The van der Waals surface area contributed by atoms with Gasteiger partial charge in [0.2, 0.25) is 0 Å². The zero-order valence-electron chi connectivity index (χ0n) is 14.7. The lowest BCUT2D eigenvalue weighted by atomic mass is 10.1. The maximum Gasteiger partial charge on any atom is 0.322 e. The lowest BCUT2D eigenvalue weighted by Crippen LogP contribution is -2.43. The van der Waals surface area contributed by atoms with Crippen molar-refractivity contribution in [2.45, 2.75) is 20.0 Å². The number of nitrogens with one attached hydrogen (secondary N) is 1. The predicted octanol–water partition coefficient (Wildman–Crippen LogP) is 4.00. The van der Waals surface area contributed by atoms with Crippen molar-refractivity contribution in [2.24, 2.45) is 0 Å². The molecule has 3 rings (SSSR count). The van der Waals surface area contributed by atoms with Gasteiger partial charge in [0.25, 0.3) is 0 Å². The van der Waals surface area contributed by atoms with Gasteiger partial charge in [0.15, 0.2) is 0 Å². The number of rotatable bonds is 4. The van der Waals surface area contributed by atoms with Crippen LogP contribution in [0.3, 0.4) is 0 Å². The number of nitrogens with zero attached hydrogens (tertiary/aromatic N) is 1. The molecule has 0 radical (unpaired) electrons. The largest absolute Gasteiger partial charge is 0.486 e. The first-order valence-corrected chi connectivity index (χ1v) is 8.59. The molecule has 2 aromatic rings. The van der Waals surface area contributed by atoms with Crippen LogP contribution in [0.15, 0.2) is 48.5 Å². The summed E-state index contributed by atoms with van der Waals surface area (Å²) in [6.07, 6.45) is -0.0330. The molecule has 1 atom stereocenters. The molecule has 1 saturated heterocycles. The number of ether oxygens (including phenoxy) is 2. The Morgan fingerprint density at radius 1 is 1.16 bits per heavy atom. The summed E-state index contributed by atoms with van der Waals surface area (Å²) in [5.74, 6) is 0.790. The number of carbonyl (C=O) groups is 1. The minimum atomic E-state index is -0.0854. The summed E-state index contributed by atoms with van der Waals surface area (Å²) in [5.41, 5.74) is 2.90. The molecule has 132 valence electrons. The fourth-order valence-electron chi connectivity index (χ4n) is 2.81. The molecule has 1 heterocycles. The van der Waals surface area contributed by atoms with E-state index in [-0.39, 0.29) is 12.1 Å². The number of anilines is 1. The van der Waals surface area contributed by atoms with Crippen LogP contribution >= 0.6 is 0 Å². The fourth-order valence-corrected chi connectivity index (χ4v) is 2.81. The lowest BCUT2D eigenvalue weighted by molar-refractivity contribution is 0.0564. The van der Waals surface area contributed by atoms with E-state index >= 15 is 0 Å². The van der Waals surface area contributed by atoms with Crippen LogP contribution in [-0.2, 0) is 4.74 Å². The van der Waals surface area contributed by atoms with Crippen molar-refractivity contribution in [1.29, 1.82) is 0 Å². The van der Waals surface area contributed by atoms with Crippen LogP contribution < -0.4 is 10.1 Å². The molecule has 1 fully saturated rings. The number of hydrogen-bond acceptors (Lipinski definition) is 3. The van der Waals surface area contributed by atoms with Crippen LogP contribution in [0.1, 0.15) is 24.2 Å².